The fourth-order valence-electron chi connectivity index (χ4n) is 2.67. The standard InChI is InChI=1S/C14H17N5OS/c1-9-17-10(6-13(15-2)18-9)12-4-3-5-19(12)14(20)11-7-21-8-16-11/h6-8,12H,3-5H2,1-2H3,(H,15,17,18)/t12-/m1/s1. The molecule has 21 heavy (non-hydrogen) atoms. The first-order valence-corrected chi connectivity index (χ1v) is 7.86. The molecule has 3 heterocycles. The number of hydrogen-bond acceptors (Lipinski definition) is 6. The van der Waals surface area contributed by atoms with E-state index in [4.69, 9.17) is 0 Å². The van der Waals surface area contributed by atoms with Gasteiger partial charge in [0.15, 0.2) is 0 Å². The fraction of sp³-hybridized carbons (Fsp3) is 0.429. The number of nitrogens with one attached hydrogen (secondary N) is 1. The lowest BCUT2D eigenvalue weighted by atomic mass is 10.1. The van der Waals surface area contributed by atoms with Crippen LogP contribution in [0.2, 0.25) is 0 Å². The van der Waals surface area contributed by atoms with Crippen LogP contribution in [0.1, 0.15) is 40.9 Å². The second kappa shape index (κ2) is 5.77. The largest absolute Gasteiger partial charge is 0.373 e. The number of hydrogen-bond donors (Lipinski definition) is 1. The molecular formula is C14H17N5OS. The minimum Gasteiger partial charge on any atom is -0.373 e. The summed E-state index contributed by atoms with van der Waals surface area (Å²) in [6.45, 7) is 2.62. The third kappa shape index (κ3) is 2.73. The van der Waals surface area contributed by atoms with Gasteiger partial charge in [0.25, 0.3) is 5.91 Å². The first-order valence-electron chi connectivity index (χ1n) is 6.91. The third-order valence-corrected chi connectivity index (χ3v) is 4.21. The van der Waals surface area contributed by atoms with Crippen molar-refractivity contribution >= 4 is 23.1 Å². The van der Waals surface area contributed by atoms with Gasteiger partial charge in [-0.3, -0.25) is 4.79 Å². The van der Waals surface area contributed by atoms with Crippen LogP contribution in [0.3, 0.4) is 0 Å². The molecule has 0 aliphatic carbocycles. The van der Waals surface area contributed by atoms with Crippen molar-refractivity contribution in [1.29, 1.82) is 0 Å². The van der Waals surface area contributed by atoms with E-state index < -0.39 is 0 Å². The lowest BCUT2D eigenvalue weighted by Crippen LogP contribution is -2.31. The zero-order valence-electron chi connectivity index (χ0n) is 12.0. The Morgan fingerprint density at radius 3 is 3.05 bits per heavy atom. The van der Waals surface area contributed by atoms with Gasteiger partial charge in [-0.1, -0.05) is 0 Å². The molecule has 1 amide bonds. The normalized spacial score (nSPS) is 18.0. The minimum absolute atomic E-state index is 0.00741. The summed E-state index contributed by atoms with van der Waals surface area (Å²) in [5, 5.41) is 4.83. The van der Waals surface area contributed by atoms with Gasteiger partial charge in [-0.15, -0.1) is 11.3 Å². The molecule has 1 saturated heterocycles. The lowest BCUT2D eigenvalue weighted by Gasteiger charge is -2.24. The van der Waals surface area contributed by atoms with E-state index in [0.717, 1.165) is 30.9 Å². The highest BCUT2D eigenvalue weighted by atomic mass is 32.1. The van der Waals surface area contributed by atoms with Crippen molar-refractivity contribution < 1.29 is 4.79 Å². The van der Waals surface area contributed by atoms with Crippen LogP contribution in [-0.2, 0) is 0 Å². The molecule has 0 saturated carbocycles. The van der Waals surface area contributed by atoms with E-state index in [0.29, 0.717) is 11.5 Å². The average Bonchev–Trinajstić information content (AvgIpc) is 3.17. The average molecular weight is 303 g/mol. The van der Waals surface area contributed by atoms with Gasteiger partial charge in [-0.25, -0.2) is 15.0 Å². The van der Waals surface area contributed by atoms with Crippen LogP contribution >= 0.6 is 11.3 Å². The Balaban J connectivity index is 1.90. The molecule has 1 aliphatic heterocycles. The van der Waals surface area contributed by atoms with Crippen molar-refractivity contribution in [3.63, 3.8) is 0 Å². The Hall–Kier alpha value is -2.02. The molecule has 0 bridgehead atoms. The number of anilines is 1. The summed E-state index contributed by atoms with van der Waals surface area (Å²) in [5.74, 6) is 1.48. The maximum Gasteiger partial charge on any atom is 0.273 e. The maximum absolute atomic E-state index is 12.5. The number of thiazole rings is 1. The Bertz CT molecular complexity index is 643. The van der Waals surface area contributed by atoms with Crippen molar-refractivity contribution in [2.24, 2.45) is 0 Å². The van der Waals surface area contributed by atoms with Crippen molar-refractivity contribution in [3.05, 3.63) is 34.2 Å². The molecule has 3 rings (SSSR count). The molecule has 0 radical (unpaired) electrons. The molecule has 2 aromatic rings. The fourth-order valence-corrected chi connectivity index (χ4v) is 3.20. The molecule has 1 N–H and O–H groups in total. The van der Waals surface area contributed by atoms with Crippen molar-refractivity contribution in [2.75, 3.05) is 18.9 Å². The number of aryl methyl sites for hydroxylation is 1. The Morgan fingerprint density at radius 1 is 1.48 bits per heavy atom. The van der Waals surface area contributed by atoms with E-state index in [-0.39, 0.29) is 11.9 Å². The number of likely N-dealkylation sites (tertiary alicyclic amines) is 1. The number of aromatic nitrogens is 3. The van der Waals surface area contributed by atoms with Crippen LogP contribution in [0.5, 0.6) is 0 Å². The van der Waals surface area contributed by atoms with Crippen LogP contribution in [-0.4, -0.2) is 39.4 Å². The van der Waals surface area contributed by atoms with Crippen LogP contribution in [0.15, 0.2) is 17.0 Å². The van der Waals surface area contributed by atoms with Gasteiger partial charge in [0.2, 0.25) is 0 Å². The molecule has 1 aliphatic rings. The third-order valence-electron chi connectivity index (χ3n) is 3.62. The Labute approximate surface area is 127 Å². The molecular weight excluding hydrogens is 286 g/mol. The summed E-state index contributed by atoms with van der Waals surface area (Å²) < 4.78 is 0. The molecule has 6 nitrogen and oxygen atoms in total. The van der Waals surface area contributed by atoms with Crippen LogP contribution in [0.25, 0.3) is 0 Å². The monoisotopic (exact) mass is 303 g/mol. The molecule has 0 aromatic carbocycles. The van der Waals surface area contributed by atoms with Gasteiger partial charge in [0.05, 0.1) is 17.2 Å². The van der Waals surface area contributed by atoms with Crippen LogP contribution in [0.4, 0.5) is 5.82 Å². The first-order chi connectivity index (χ1) is 10.2. The summed E-state index contributed by atoms with van der Waals surface area (Å²) >= 11 is 1.44. The van der Waals surface area contributed by atoms with E-state index in [1.54, 1.807) is 10.9 Å². The Kier molecular flexibility index (Phi) is 3.83. The van der Waals surface area contributed by atoms with Gasteiger partial charge in [-0.05, 0) is 19.8 Å². The van der Waals surface area contributed by atoms with Crippen molar-refractivity contribution in [2.45, 2.75) is 25.8 Å². The van der Waals surface area contributed by atoms with Gasteiger partial charge < -0.3 is 10.2 Å². The molecule has 1 atom stereocenters. The summed E-state index contributed by atoms with van der Waals surface area (Å²) in [6, 6.07) is 1.93. The summed E-state index contributed by atoms with van der Waals surface area (Å²) in [7, 11) is 1.83. The van der Waals surface area contributed by atoms with E-state index in [1.165, 1.54) is 11.3 Å². The zero-order chi connectivity index (χ0) is 14.8. The van der Waals surface area contributed by atoms with E-state index in [9.17, 15) is 4.79 Å². The topological polar surface area (TPSA) is 71.0 Å². The van der Waals surface area contributed by atoms with Crippen LogP contribution in [0, 0.1) is 6.92 Å². The van der Waals surface area contributed by atoms with Crippen molar-refractivity contribution in [3.8, 4) is 0 Å². The van der Waals surface area contributed by atoms with Gasteiger partial charge in [0, 0.05) is 25.0 Å². The van der Waals surface area contributed by atoms with Crippen LogP contribution < -0.4 is 5.32 Å². The molecule has 1 fully saturated rings. The second-order valence-corrected chi connectivity index (χ2v) is 5.72. The van der Waals surface area contributed by atoms with E-state index >= 15 is 0 Å². The quantitative estimate of drug-likeness (QED) is 0.941. The number of amides is 1. The van der Waals surface area contributed by atoms with Crippen molar-refractivity contribution in [1.82, 2.24) is 19.9 Å². The molecule has 0 spiro atoms. The smallest absolute Gasteiger partial charge is 0.273 e. The zero-order valence-corrected chi connectivity index (χ0v) is 12.9. The second-order valence-electron chi connectivity index (χ2n) is 5.01. The first kappa shape index (κ1) is 13.9. The highest BCUT2D eigenvalue weighted by Crippen LogP contribution is 2.32. The summed E-state index contributed by atoms with van der Waals surface area (Å²) in [5.41, 5.74) is 3.10. The Morgan fingerprint density at radius 2 is 2.33 bits per heavy atom. The maximum atomic E-state index is 12.5. The number of carbonyl (C=O) groups excluding carboxylic acids is 1. The SMILES string of the molecule is CNc1cc([C@H]2CCCN2C(=O)c2cscn2)nc(C)n1. The summed E-state index contributed by atoms with van der Waals surface area (Å²) in [6.07, 6.45) is 1.91. The highest BCUT2D eigenvalue weighted by Gasteiger charge is 2.32. The predicted octanol–water partition coefficient (Wildman–Crippen LogP) is 2.26. The number of carbonyl (C=O) groups is 1. The summed E-state index contributed by atoms with van der Waals surface area (Å²) in [4.78, 5) is 27.4. The minimum atomic E-state index is -0.0129. The lowest BCUT2D eigenvalue weighted by molar-refractivity contribution is 0.0727. The highest BCUT2D eigenvalue weighted by molar-refractivity contribution is 7.07. The molecule has 110 valence electrons. The number of rotatable bonds is 3. The number of nitrogens with zero attached hydrogens (tertiary/aromatic N) is 4. The molecule has 0 unspecified atom stereocenters. The molecule has 2 aromatic heterocycles. The molecule has 7 heteroatoms. The van der Waals surface area contributed by atoms with Gasteiger partial charge in [0.1, 0.15) is 17.3 Å². The van der Waals surface area contributed by atoms with E-state index in [1.807, 2.05) is 24.9 Å². The van der Waals surface area contributed by atoms with Gasteiger partial charge in [-0.2, -0.15) is 0 Å². The van der Waals surface area contributed by atoms with E-state index in [2.05, 4.69) is 20.3 Å². The predicted molar refractivity (Wildman–Crippen MR) is 81.4 cm³/mol. The van der Waals surface area contributed by atoms with Gasteiger partial charge >= 0.3 is 0 Å².